The van der Waals surface area contributed by atoms with Crippen LogP contribution in [0, 0.1) is 13.8 Å². The molecule has 0 N–H and O–H groups in total. The summed E-state index contributed by atoms with van der Waals surface area (Å²) in [6.45, 7) is 7.34. The van der Waals surface area contributed by atoms with Crippen molar-refractivity contribution in [2.75, 3.05) is 20.7 Å². The lowest BCUT2D eigenvalue weighted by Gasteiger charge is -2.12. The first-order chi connectivity index (χ1) is 11.0. The van der Waals surface area contributed by atoms with Crippen molar-refractivity contribution in [2.45, 2.75) is 27.2 Å². The molecule has 0 amide bonds. The van der Waals surface area contributed by atoms with Gasteiger partial charge in [-0.3, -0.25) is 0 Å². The summed E-state index contributed by atoms with van der Waals surface area (Å²) in [4.78, 5) is 6.66. The Morgan fingerprint density at radius 2 is 1.78 bits per heavy atom. The van der Waals surface area contributed by atoms with E-state index in [1.54, 1.807) is 7.11 Å². The Hall–Kier alpha value is -2.29. The topological polar surface area (TPSA) is 24.8 Å². The van der Waals surface area contributed by atoms with Crippen LogP contribution >= 0.6 is 0 Å². The predicted octanol–water partition coefficient (Wildman–Crippen LogP) is 4.51. The van der Waals surface area contributed by atoms with Crippen LogP contribution in [0.2, 0.25) is 0 Å². The summed E-state index contributed by atoms with van der Waals surface area (Å²) in [6.07, 6.45) is 2.82. The molecule has 0 saturated heterocycles. The van der Waals surface area contributed by atoms with Crippen LogP contribution in [0.25, 0.3) is 0 Å². The van der Waals surface area contributed by atoms with Crippen molar-refractivity contribution in [1.82, 2.24) is 4.90 Å². The fourth-order valence-corrected chi connectivity index (χ4v) is 2.40. The molecule has 122 valence electrons. The summed E-state index contributed by atoms with van der Waals surface area (Å²) < 4.78 is 5.21. The fraction of sp³-hybridized carbons (Fsp3) is 0.350. The molecule has 23 heavy (non-hydrogen) atoms. The molecule has 0 radical (unpaired) electrons. The Morgan fingerprint density at radius 3 is 2.39 bits per heavy atom. The lowest BCUT2D eigenvalue weighted by atomic mass is 9.97. The number of nitrogens with zero attached hydrogens (tertiary/aromatic N) is 2. The van der Waals surface area contributed by atoms with E-state index < -0.39 is 0 Å². The van der Waals surface area contributed by atoms with Crippen molar-refractivity contribution in [2.24, 2.45) is 4.99 Å². The number of aryl methyl sites for hydroxylation is 2. The highest BCUT2D eigenvalue weighted by molar-refractivity contribution is 5.64. The third-order valence-corrected chi connectivity index (χ3v) is 4.10. The van der Waals surface area contributed by atoms with Gasteiger partial charge in [-0.1, -0.05) is 18.2 Å². The smallest absolute Gasteiger partial charge is 0.118 e. The average Bonchev–Trinajstić information content (AvgIpc) is 2.57. The van der Waals surface area contributed by atoms with Crippen molar-refractivity contribution >= 4 is 12.0 Å². The van der Waals surface area contributed by atoms with Crippen LogP contribution in [0.3, 0.4) is 0 Å². The van der Waals surface area contributed by atoms with Crippen molar-refractivity contribution in [1.29, 1.82) is 0 Å². The van der Waals surface area contributed by atoms with E-state index in [1.165, 1.54) is 22.3 Å². The summed E-state index contributed by atoms with van der Waals surface area (Å²) in [5.41, 5.74) is 6.16. The molecule has 3 heteroatoms. The van der Waals surface area contributed by atoms with Gasteiger partial charge in [0.2, 0.25) is 0 Å². The largest absolute Gasteiger partial charge is 0.497 e. The van der Waals surface area contributed by atoms with Crippen LogP contribution < -0.4 is 4.74 Å². The van der Waals surface area contributed by atoms with E-state index in [4.69, 9.17) is 4.74 Å². The van der Waals surface area contributed by atoms with Gasteiger partial charge in [0.1, 0.15) is 5.75 Å². The Bertz CT molecular complexity index is 675. The Labute approximate surface area is 139 Å². The van der Waals surface area contributed by atoms with Gasteiger partial charge in [0.05, 0.1) is 19.1 Å². The van der Waals surface area contributed by atoms with Crippen molar-refractivity contribution < 1.29 is 4.74 Å². The first-order valence-corrected chi connectivity index (χ1v) is 8.01. The van der Waals surface area contributed by atoms with Crippen molar-refractivity contribution in [3.05, 3.63) is 58.7 Å². The van der Waals surface area contributed by atoms with Gasteiger partial charge >= 0.3 is 0 Å². The lowest BCUT2D eigenvalue weighted by Crippen LogP contribution is -2.14. The van der Waals surface area contributed by atoms with Gasteiger partial charge in [-0.05, 0) is 67.6 Å². The lowest BCUT2D eigenvalue weighted by molar-refractivity contribution is 0.414. The van der Waals surface area contributed by atoms with Gasteiger partial charge < -0.3 is 9.64 Å². The number of aliphatic imine (C=N–C) groups is 1. The SMILES string of the molecule is CCN(C)C=Nc1cc(C)c(Cc2ccc(OC)cc2)cc1C. The van der Waals surface area contributed by atoms with Crippen LogP contribution in [0.1, 0.15) is 29.2 Å². The monoisotopic (exact) mass is 310 g/mol. The Kier molecular flexibility index (Phi) is 5.80. The highest BCUT2D eigenvalue weighted by atomic mass is 16.5. The van der Waals surface area contributed by atoms with Gasteiger partial charge in [0.25, 0.3) is 0 Å². The minimum absolute atomic E-state index is 0.895. The number of hydrogen-bond donors (Lipinski definition) is 0. The number of methoxy groups -OCH3 is 1. The molecular weight excluding hydrogens is 284 g/mol. The van der Waals surface area contributed by atoms with E-state index in [2.05, 4.69) is 54.9 Å². The normalized spacial score (nSPS) is 11.0. The summed E-state index contributed by atoms with van der Waals surface area (Å²) in [5, 5.41) is 0. The highest BCUT2D eigenvalue weighted by Gasteiger charge is 2.05. The van der Waals surface area contributed by atoms with Gasteiger partial charge in [0.15, 0.2) is 0 Å². The summed E-state index contributed by atoms with van der Waals surface area (Å²) in [7, 11) is 3.72. The number of ether oxygens (including phenoxy) is 1. The maximum atomic E-state index is 5.21. The molecule has 0 aliphatic rings. The summed E-state index contributed by atoms with van der Waals surface area (Å²) in [6, 6.07) is 12.7. The first kappa shape index (κ1) is 17.1. The molecule has 0 heterocycles. The van der Waals surface area contributed by atoms with E-state index in [9.17, 15) is 0 Å². The van der Waals surface area contributed by atoms with E-state index in [0.29, 0.717) is 0 Å². The molecule has 3 nitrogen and oxygen atoms in total. The third kappa shape index (κ3) is 4.59. The van der Waals surface area contributed by atoms with Crippen LogP contribution in [0.5, 0.6) is 5.75 Å². The van der Waals surface area contributed by atoms with Crippen molar-refractivity contribution in [3.8, 4) is 5.75 Å². The minimum atomic E-state index is 0.895. The third-order valence-electron chi connectivity index (χ3n) is 4.10. The molecule has 2 aromatic rings. The van der Waals surface area contributed by atoms with E-state index >= 15 is 0 Å². The predicted molar refractivity (Wildman–Crippen MR) is 98.2 cm³/mol. The Balaban J connectivity index is 2.20. The Morgan fingerprint density at radius 1 is 1.09 bits per heavy atom. The van der Waals surface area contributed by atoms with Crippen LogP contribution in [0.15, 0.2) is 41.4 Å². The van der Waals surface area contributed by atoms with E-state index in [0.717, 1.165) is 24.4 Å². The van der Waals surface area contributed by atoms with Gasteiger partial charge in [0, 0.05) is 13.6 Å². The van der Waals surface area contributed by atoms with Gasteiger partial charge in [-0.25, -0.2) is 4.99 Å². The number of benzene rings is 2. The second kappa shape index (κ2) is 7.82. The molecule has 0 atom stereocenters. The van der Waals surface area contributed by atoms with Crippen LogP contribution in [0.4, 0.5) is 5.69 Å². The number of rotatable bonds is 6. The maximum Gasteiger partial charge on any atom is 0.118 e. The van der Waals surface area contributed by atoms with Gasteiger partial charge in [-0.15, -0.1) is 0 Å². The minimum Gasteiger partial charge on any atom is -0.497 e. The molecule has 0 unspecified atom stereocenters. The van der Waals surface area contributed by atoms with Crippen LogP contribution in [-0.4, -0.2) is 31.9 Å². The average molecular weight is 310 g/mol. The van der Waals surface area contributed by atoms with E-state index in [1.807, 2.05) is 25.5 Å². The zero-order valence-corrected chi connectivity index (χ0v) is 14.8. The zero-order chi connectivity index (χ0) is 16.8. The van der Waals surface area contributed by atoms with Crippen LogP contribution in [-0.2, 0) is 6.42 Å². The molecule has 0 saturated carbocycles. The molecule has 0 fully saturated rings. The summed E-state index contributed by atoms with van der Waals surface area (Å²) >= 11 is 0. The molecule has 0 aliphatic heterocycles. The molecule has 0 spiro atoms. The molecule has 2 aromatic carbocycles. The van der Waals surface area contributed by atoms with Gasteiger partial charge in [-0.2, -0.15) is 0 Å². The standard InChI is InChI=1S/C20H26N2O/c1-6-22(4)14-21-20-12-15(2)18(11-16(20)3)13-17-7-9-19(23-5)10-8-17/h7-12,14H,6,13H2,1-5H3. The molecule has 0 aliphatic carbocycles. The van der Waals surface area contributed by atoms with Crippen molar-refractivity contribution in [3.63, 3.8) is 0 Å². The zero-order valence-electron chi connectivity index (χ0n) is 14.8. The maximum absolute atomic E-state index is 5.21. The quantitative estimate of drug-likeness (QED) is 0.579. The molecule has 0 aromatic heterocycles. The van der Waals surface area contributed by atoms with E-state index in [-0.39, 0.29) is 0 Å². The second-order valence-electron chi connectivity index (χ2n) is 5.91. The number of hydrogen-bond acceptors (Lipinski definition) is 2. The molecule has 2 rings (SSSR count). The molecular formula is C20H26N2O. The fourth-order valence-electron chi connectivity index (χ4n) is 2.40. The second-order valence-corrected chi connectivity index (χ2v) is 5.91. The first-order valence-electron chi connectivity index (χ1n) is 8.01. The summed E-state index contributed by atoms with van der Waals surface area (Å²) in [5.74, 6) is 0.895. The highest BCUT2D eigenvalue weighted by Crippen LogP contribution is 2.25. The molecule has 0 bridgehead atoms.